The highest BCUT2D eigenvalue weighted by Gasteiger charge is 2.19. The van der Waals surface area contributed by atoms with E-state index in [0.717, 1.165) is 36.8 Å². The number of rotatable bonds is 2. The number of hydrogen-bond acceptors (Lipinski definition) is 4. The largest absolute Gasteiger partial charge is 0.356 e. The van der Waals surface area contributed by atoms with Gasteiger partial charge in [-0.15, -0.1) is 0 Å². The Bertz CT molecular complexity index is 587. The first kappa shape index (κ1) is 11.2. The second kappa shape index (κ2) is 4.38. The van der Waals surface area contributed by atoms with Gasteiger partial charge in [0.1, 0.15) is 0 Å². The second-order valence-electron chi connectivity index (χ2n) is 4.41. The third-order valence-corrected chi connectivity index (χ3v) is 3.22. The van der Waals surface area contributed by atoms with Crippen LogP contribution in [-0.4, -0.2) is 21.3 Å². The quantitative estimate of drug-likeness (QED) is 0.604. The summed E-state index contributed by atoms with van der Waals surface area (Å²) in [6, 6.07) is 4.78. The second-order valence-corrected chi connectivity index (χ2v) is 4.41. The van der Waals surface area contributed by atoms with Crippen LogP contribution in [0.3, 0.4) is 0 Å². The summed E-state index contributed by atoms with van der Waals surface area (Å²) in [5.41, 5.74) is 0.971. The van der Waals surface area contributed by atoms with Crippen LogP contribution in [0.4, 0.5) is 5.69 Å². The van der Waals surface area contributed by atoms with Gasteiger partial charge in [-0.25, -0.2) is 4.68 Å². The fraction of sp³-hybridized carbons (Fsp3) is 0.417. The lowest BCUT2D eigenvalue weighted by Gasteiger charge is -2.23. The standard InChI is InChI=1S/C12H13N3O3/c16-15(17)10-4-5-11-9(7-10)8-13-14(11)12-3-1-2-6-18-12/h4-5,7-8,12H,1-3,6H2/t12-/m0/s1. The number of aromatic nitrogens is 2. The summed E-state index contributed by atoms with van der Waals surface area (Å²) in [4.78, 5) is 10.3. The van der Waals surface area contributed by atoms with Crippen molar-refractivity contribution in [2.24, 2.45) is 0 Å². The van der Waals surface area contributed by atoms with Gasteiger partial charge in [-0.05, 0) is 25.3 Å². The summed E-state index contributed by atoms with van der Waals surface area (Å²) < 4.78 is 7.49. The predicted molar refractivity (Wildman–Crippen MR) is 65.2 cm³/mol. The van der Waals surface area contributed by atoms with Crippen LogP contribution >= 0.6 is 0 Å². The molecular weight excluding hydrogens is 234 g/mol. The first-order valence-electron chi connectivity index (χ1n) is 5.99. The first-order chi connectivity index (χ1) is 8.75. The third-order valence-electron chi connectivity index (χ3n) is 3.22. The lowest BCUT2D eigenvalue weighted by atomic mass is 10.2. The molecule has 6 heteroatoms. The van der Waals surface area contributed by atoms with Crippen molar-refractivity contribution >= 4 is 16.6 Å². The van der Waals surface area contributed by atoms with Crippen LogP contribution in [0.15, 0.2) is 24.4 Å². The van der Waals surface area contributed by atoms with Gasteiger partial charge in [-0.3, -0.25) is 10.1 Å². The minimum atomic E-state index is -0.395. The van der Waals surface area contributed by atoms with Crippen LogP contribution in [-0.2, 0) is 4.74 Å². The van der Waals surface area contributed by atoms with Crippen molar-refractivity contribution in [2.45, 2.75) is 25.5 Å². The van der Waals surface area contributed by atoms with Gasteiger partial charge in [0.15, 0.2) is 6.23 Å². The molecule has 0 unspecified atom stereocenters. The third kappa shape index (κ3) is 1.84. The van der Waals surface area contributed by atoms with E-state index in [-0.39, 0.29) is 11.9 Å². The molecule has 0 bridgehead atoms. The van der Waals surface area contributed by atoms with E-state index in [9.17, 15) is 10.1 Å². The van der Waals surface area contributed by atoms with Crippen molar-refractivity contribution in [3.63, 3.8) is 0 Å². The van der Waals surface area contributed by atoms with Crippen molar-refractivity contribution in [1.82, 2.24) is 9.78 Å². The molecule has 0 N–H and O–H groups in total. The lowest BCUT2D eigenvalue weighted by molar-refractivity contribution is -0.384. The summed E-state index contributed by atoms with van der Waals surface area (Å²) in [6.07, 6.45) is 4.76. The van der Waals surface area contributed by atoms with E-state index in [1.54, 1.807) is 18.3 Å². The Kier molecular flexibility index (Phi) is 2.71. The topological polar surface area (TPSA) is 70.2 Å². The van der Waals surface area contributed by atoms with Gasteiger partial charge >= 0.3 is 0 Å². The monoisotopic (exact) mass is 247 g/mol. The van der Waals surface area contributed by atoms with E-state index in [0.29, 0.717) is 0 Å². The molecule has 0 aliphatic carbocycles. The van der Waals surface area contributed by atoms with Gasteiger partial charge in [0.05, 0.1) is 16.6 Å². The number of non-ortho nitro benzene ring substituents is 1. The minimum absolute atomic E-state index is 0.0438. The van der Waals surface area contributed by atoms with Crippen LogP contribution in [0.25, 0.3) is 10.9 Å². The van der Waals surface area contributed by atoms with Gasteiger partial charge in [0.25, 0.3) is 5.69 Å². The Morgan fingerprint density at radius 2 is 2.33 bits per heavy atom. The zero-order chi connectivity index (χ0) is 12.5. The molecule has 0 radical (unpaired) electrons. The Morgan fingerprint density at radius 3 is 3.06 bits per heavy atom. The summed E-state index contributed by atoms with van der Waals surface area (Å²) in [5, 5.41) is 15.8. The average molecular weight is 247 g/mol. The number of fused-ring (bicyclic) bond motifs is 1. The van der Waals surface area contributed by atoms with E-state index in [4.69, 9.17) is 4.74 Å². The molecule has 1 fully saturated rings. The molecule has 0 amide bonds. The molecule has 2 heterocycles. The van der Waals surface area contributed by atoms with Crippen LogP contribution in [0.1, 0.15) is 25.5 Å². The highest BCUT2D eigenvalue weighted by atomic mass is 16.6. The molecule has 1 aliphatic heterocycles. The Balaban J connectivity index is 2.01. The van der Waals surface area contributed by atoms with Crippen LogP contribution in [0.2, 0.25) is 0 Å². The van der Waals surface area contributed by atoms with Crippen molar-refractivity contribution in [3.05, 3.63) is 34.5 Å². The molecular formula is C12H13N3O3. The SMILES string of the molecule is O=[N+]([O-])c1ccc2c(cnn2[C@@H]2CCCCO2)c1. The van der Waals surface area contributed by atoms with Crippen molar-refractivity contribution in [2.75, 3.05) is 6.61 Å². The fourth-order valence-electron chi connectivity index (χ4n) is 2.30. The van der Waals surface area contributed by atoms with Crippen molar-refractivity contribution in [1.29, 1.82) is 0 Å². The molecule has 1 saturated heterocycles. The molecule has 94 valence electrons. The molecule has 0 spiro atoms. The smallest absolute Gasteiger partial charge is 0.270 e. The van der Waals surface area contributed by atoms with Gasteiger partial charge in [-0.1, -0.05) is 0 Å². The maximum absolute atomic E-state index is 10.7. The molecule has 2 aromatic rings. The Hall–Kier alpha value is -1.95. The fourth-order valence-corrected chi connectivity index (χ4v) is 2.30. The highest BCUT2D eigenvalue weighted by molar-refractivity contribution is 5.81. The molecule has 1 aliphatic rings. The van der Waals surface area contributed by atoms with Crippen LogP contribution in [0, 0.1) is 10.1 Å². The summed E-state index contributed by atoms with van der Waals surface area (Å²) in [6.45, 7) is 0.749. The highest BCUT2D eigenvalue weighted by Crippen LogP contribution is 2.27. The predicted octanol–water partition coefficient (Wildman–Crippen LogP) is 2.64. The number of nitro groups is 1. The summed E-state index contributed by atoms with van der Waals surface area (Å²) >= 11 is 0. The van der Waals surface area contributed by atoms with E-state index in [1.807, 2.05) is 4.68 Å². The maximum Gasteiger partial charge on any atom is 0.270 e. The van der Waals surface area contributed by atoms with Crippen LogP contribution in [0.5, 0.6) is 0 Å². The molecule has 1 aromatic heterocycles. The first-order valence-corrected chi connectivity index (χ1v) is 5.99. The number of benzene rings is 1. The zero-order valence-corrected chi connectivity index (χ0v) is 9.78. The van der Waals surface area contributed by atoms with Gasteiger partial charge in [0, 0.05) is 24.1 Å². The van der Waals surface area contributed by atoms with E-state index in [2.05, 4.69) is 5.10 Å². The molecule has 18 heavy (non-hydrogen) atoms. The van der Waals surface area contributed by atoms with E-state index < -0.39 is 4.92 Å². The normalized spacial score (nSPS) is 20.1. The van der Waals surface area contributed by atoms with Gasteiger partial charge in [-0.2, -0.15) is 5.10 Å². The Labute approximate surface area is 103 Å². The average Bonchev–Trinajstić information content (AvgIpc) is 2.82. The lowest BCUT2D eigenvalue weighted by Crippen LogP contribution is -2.18. The van der Waals surface area contributed by atoms with Gasteiger partial charge < -0.3 is 4.74 Å². The summed E-state index contributed by atoms with van der Waals surface area (Å²) in [7, 11) is 0. The molecule has 6 nitrogen and oxygen atoms in total. The number of hydrogen-bond donors (Lipinski definition) is 0. The molecule has 1 aromatic carbocycles. The van der Waals surface area contributed by atoms with Crippen molar-refractivity contribution in [3.8, 4) is 0 Å². The van der Waals surface area contributed by atoms with E-state index >= 15 is 0 Å². The number of nitro benzene ring substituents is 1. The maximum atomic E-state index is 10.7. The van der Waals surface area contributed by atoms with Crippen molar-refractivity contribution < 1.29 is 9.66 Å². The number of ether oxygens (including phenoxy) is 1. The molecule has 3 rings (SSSR count). The summed E-state index contributed by atoms with van der Waals surface area (Å²) in [5.74, 6) is 0. The van der Waals surface area contributed by atoms with E-state index in [1.165, 1.54) is 6.07 Å². The molecule has 1 atom stereocenters. The molecule has 0 saturated carbocycles. The minimum Gasteiger partial charge on any atom is -0.356 e. The Morgan fingerprint density at radius 1 is 1.44 bits per heavy atom. The number of nitrogens with zero attached hydrogens (tertiary/aromatic N) is 3. The van der Waals surface area contributed by atoms with Crippen LogP contribution < -0.4 is 0 Å². The zero-order valence-electron chi connectivity index (χ0n) is 9.78. The van der Waals surface area contributed by atoms with Gasteiger partial charge in [0.2, 0.25) is 0 Å².